The summed E-state index contributed by atoms with van der Waals surface area (Å²) in [6, 6.07) is 21.6. The summed E-state index contributed by atoms with van der Waals surface area (Å²) < 4.78 is 11.3. The molecule has 0 bridgehead atoms. The molecule has 1 atom stereocenters. The zero-order valence-electron chi connectivity index (χ0n) is 18.0. The van der Waals surface area contributed by atoms with Gasteiger partial charge in [-0.25, -0.2) is 0 Å². The standard InChI is InChI=1S/C25H22ClN3O3S/c1-15-22(24(30)28-20-12-11-17(26)14-21(20)31-2)23(29-25(33)27-15)16-7-6-10-19(13-16)32-18-8-4-3-5-9-18/h3-14,23H,1-2H3,(H,28,30)(H2,27,29,33)/t23-/m0/s1. The molecule has 0 radical (unpaired) electrons. The van der Waals surface area contributed by atoms with Crippen LogP contribution in [-0.4, -0.2) is 18.1 Å². The Bertz CT molecular complexity index is 1230. The highest BCUT2D eigenvalue weighted by Gasteiger charge is 2.30. The summed E-state index contributed by atoms with van der Waals surface area (Å²) in [5.41, 5.74) is 2.50. The second-order valence-corrected chi connectivity index (χ2v) is 8.20. The van der Waals surface area contributed by atoms with Crippen molar-refractivity contribution in [3.8, 4) is 17.2 Å². The highest BCUT2D eigenvalue weighted by atomic mass is 35.5. The number of nitrogens with one attached hydrogen (secondary N) is 3. The molecule has 0 saturated heterocycles. The number of thiocarbonyl (C=S) groups is 1. The largest absolute Gasteiger partial charge is 0.495 e. The number of ether oxygens (including phenoxy) is 2. The Labute approximate surface area is 202 Å². The fraction of sp³-hybridized carbons (Fsp3) is 0.120. The van der Waals surface area contributed by atoms with Gasteiger partial charge < -0.3 is 25.4 Å². The molecule has 3 aromatic carbocycles. The molecule has 3 N–H and O–H groups in total. The number of anilines is 1. The maximum atomic E-state index is 13.4. The molecule has 1 heterocycles. The molecule has 4 rings (SSSR count). The van der Waals surface area contributed by atoms with Crippen molar-refractivity contribution >= 4 is 40.5 Å². The van der Waals surface area contributed by atoms with Gasteiger partial charge in [-0.1, -0.05) is 41.9 Å². The number of methoxy groups -OCH3 is 1. The molecule has 1 aliphatic heterocycles. The average Bonchev–Trinajstić information content (AvgIpc) is 2.80. The van der Waals surface area contributed by atoms with Crippen LogP contribution >= 0.6 is 23.8 Å². The lowest BCUT2D eigenvalue weighted by molar-refractivity contribution is -0.113. The highest BCUT2D eigenvalue weighted by Crippen LogP contribution is 2.33. The zero-order valence-corrected chi connectivity index (χ0v) is 19.6. The first-order valence-corrected chi connectivity index (χ1v) is 11.0. The van der Waals surface area contributed by atoms with Gasteiger partial charge in [-0.2, -0.15) is 0 Å². The SMILES string of the molecule is COc1cc(Cl)ccc1NC(=O)C1=C(C)NC(=S)N[C@H]1c1cccc(Oc2ccccc2)c1. The lowest BCUT2D eigenvalue weighted by Gasteiger charge is -2.30. The molecule has 0 aliphatic carbocycles. The Balaban J connectivity index is 1.65. The van der Waals surface area contributed by atoms with Gasteiger partial charge in [0, 0.05) is 16.8 Å². The van der Waals surface area contributed by atoms with E-state index in [0.29, 0.717) is 38.6 Å². The Morgan fingerprint density at radius 2 is 1.79 bits per heavy atom. The summed E-state index contributed by atoms with van der Waals surface area (Å²) in [7, 11) is 1.52. The average molecular weight is 480 g/mol. The first-order valence-electron chi connectivity index (χ1n) is 10.2. The molecule has 0 spiro atoms. The van der Waals surface area contributed by atoms with E-state index in [-0.39, 0.29) is 5.91 Å². The maximum Gasteiger partial charge on any atom is 0.255 e. The third kappa shape index (κ3) is 5.27. The predicted molar refractivity (Wildman–Crippen MR) is 134 cm³/mol. The Kier molecular flexibility index (Phi) is 6.82. The number of hydrogen-bond donors (Lipinski definition) is 3. The third-order valence-electron chi connectivity index (χ3n) is 5.10. The maximum absolute atomic E-state index is 13.4. The van der Waals surface area contributed by atoms with Crippen molar-refractivity contribution in [2.24, 2.45) is 0 Å². The minimum Gasteiger partial charge on any atom is -0.495 e. The third-order valence-corrected chi connectivity index (χ3v) is 5.55. The quantitative estimate of drug-likeness (QED) is 0.401. The highest BCUT2D eigenvalue weighted by molar-refractivity contribution is 7.80. The van der Waals surface area contributed by atoms with Crippen LogP contribution < -0.4 is 25.4 Å². The van der Waals surface area contributed by atoms with Gasteiger partial charge >= 0.3 is 0 Å². The van der Waals surface area contributed by atoms with Crippen LogP contribution in [0, 0.1) is 0 Å². The van der Waals surface area contributed by atoms with Crippen LogP contribution in [0.15, 0.2) is 84.1 Å². The van der Waals surface area contributed by atoms with Crippen molar-refractivity contribution < 1.29 is 14.3 Å². The van der Waals surface area contributed by atoms with Crippen LogP contribution in [0.4, 0.5) is 5.69 Å². The lowest BCUT2D eigenvalue weighted by Crippen LogP contribution is -2.45. The molecule has 0 fully saturated rings. The van der Waals surface area contributed by atoms with E-state index in [1.807, 2.05) is 61.5 Å². The topological polar surface area (TPSA) is 71.6 Å². The predicted octanol–water partition coefficient (Wildman–Crippen LogP) is 5.57. The summed E-state index contributed by atoms with van der Waals surface area (Å²) in [6.45, 7) is 1.82. The lowest BCUT2D eigenvalue weighted by atomic mass is 9.94. The first kappa shape index (κ1) is 22.6. The summed E-state index contributed by atoms with van der Waals surface area (Å²) >= 11 is 11.4. The smallest absolute Gasteiger partial charge is 0.255 e. The molecule has 0 aromatic heterocycles. The fourth-order valence-corrected chi connectivity index (χ4v) is 4.02. The number of para-hydroxylation sites is 1. The molecule has 33 heavy (non-hydrogen) atoms. The van der Waals surface area contributed by atoms with E-state index in [9.17, 15) is 4.79 Å². The van der Waals surface area contributed by atoms with E-state index >= 15 is 0 Å². The van der Waals surface area contributed by atoms with E-state index in [2.05, 4.69) is 16.0 Å². The molecular weight excluding hydrogens is 458 g/mol. The number of allylic oxidation sites excluding steroid dienone is 1. The van der Waals surface area contributed by atoms with E-state index < -0.39 is 6.04 Å². The summed E-state index contributed by atoms with van der Waals surface area (Å²) in [4.78, 5) is 13.4. The second-order valence-electron chi connectivity index (χ2n) is 7.36. The number of hydrogen-bond acceptors (Lipinski definition) is 4. The fourth-order valence-electron chi connectivity index (χ4n) is 3.59. The summed E-state index contributed by atoms with van der Waals surface area (Å²) in [6.07, 6.45) is 0. The normalized spacial score (nSPS) is 15.4. The van der Waals surface area contributed by atoms with E-state index in [1.165, 1.54) is 7.11 Å². The van der Waals surface area contributed by atoms with Crippen LogP contribution in [0.1, 0.15) is 18.5 Å². The summed E-state index contributed by atoms with van der Waals surface area (Å²) in [5.74, 6) is 1.55. The minimum absolute atomic E-state index is 0.296. The van der Waals surface area contributed by atoms with Gasteiger partial charge in [0.05, 0.1) is 24.4 Å². The summed E-state index contributed by atoms with van der Waals surface area (Å²) in [5, 5.41) is 10.1. The molecule has 1 amide bonds. The number of carbonyl (C=O) groups excluding carboxylic acids is 1. The van der Waals surface area contributed by atoms with Crippen LogP contribution in [0.5, 0.6) is 17.2 Å². The van der Waals surface area contributed by atoms with Crippen molar-refractivity contribution in [3.63, 3.8) is 0 Å². The van der Waals surface area contributed by atoms with Crippen molar-refractivity contribution in [2.45, 2.75) is 13.0 Å². The van der Waals surface area contributed by atoms with Crippen molar-refractivity contribution in [1.82, 2.24) is 10.6 Å². The van der Waals surface area contributed by atoms with Gasteiger partial charge in [0.15, 0.2) is 5.11 Å². The number of benzene rings is 3. The van der Waals surface area contributed by atoms with Gasteiger partial charge in [0.1, 0.15) is 17.2 Å². The van der Waals surface area contributed by atoms with E-state index in [0.717, 1.165) is 11.3 Å². The number of amides is 1. The molecule has 168 valence electrons. The monoisotopic (exact) mass is 479 g/mol. The van der Waals surface area contributed by atoms with Gasteiger partial charge in [-0.05, 0) is 61.1 Å². The Hall–Kier alpha value is -3.55. The molecule has 8 heteroatoms. The van der Waals surface area contributed by atoms with Gasteiger partial charge in [0.25, 0.3) is 5.91 Å². The molecular formula is C25H22ClN3O3S. The van der Waals surface area contributed by atoms with Gasteiger partial charge in [-0.3, -0.25) is 4.79 Å². The molecule has 1 aliphatic rings. The van der Waals surface area contributed by atoms with Crippen LogP contribution in [0.25, 0.3) is 0 Å². The second kappa shape index (κ2) is 9.94. The van der Waals surface area contributed by atoms with Crippen LogP contribution in [0.2, 0.25) is 5.02 Å². The van der Waals surface area contributed by atoms with Gasteiger partial charge in [0.2, 0.25) is 0 Å². The van der Waals surface area contributed by atoms with E-state index in [4.69, 9.17) is 33.3 Å². The van der Waals surface area contributed by atoms with Crippen molar-refractivity contribution in [1.29, 1.82) is 0 Å². The Morgan fingerprint density at radius 3 is 2.55 bits per heavy atom. The number of halogens is 1. The molecule has 0 saturated carbocycles. The van der Waals surface area contributed by atoms with Crippen molar-refractivity contribution in [2.75, 3.05) is 12.4 Å². The molecule has 0 unspecified atom stereocenters. The van der Waals surface area contributed by atoms with Crippen molar-refractivity contribution in [3.05, 3.63) is 94.7 Å². The van der Waals surface area contributed by atoms with Crippen LogP contribution in [0.3, 0.4) is 0 Å². The number of rotatable bonds is 6. The van der Waals surface area contributed by atoms with Crippen LogP contribution in [-0.2, 0) is 4.79 Å². The Morgan fingerprint density at radius 1 is 1.03 bits per heavy atom. The molecule has 6 nitrogen and oxygen atoms in total. The zero-order chi connectivity index (χ0) is 23.4. The first-order chi connectivity index (χ1) is 15.9. The van der Waals surface area contributed by atoms with Gasteiger partial charge in [-0.15, -0.1) is 0 Å². The number of carbonyl (C=O) groups is 1. The minimum atomic E-state index is -0.476. The molecule has 3 aromatic rings. The van der Waals surface area contributed by atoms with E-state index in [1.54, 1.807) is 18.2 Å².